The zero-order valence-electron chi connectivity index (χ0n) is 7.21. The van der Waals surface area contributed by atoms with Crippen molar-refractivity contribution in [1.82, 2.24) is 10.2 Å². The van der Waals surface area contributed by atoms with Gasteiger partial charge in [0.2, 0.25) is 0 Å². The van der Waals surface area contributed by atoms with Crippen LogP contribution in [0.1, 0.15) is 5.01 Å². The van der Waals surface area contributed by atoms with E-state index in [1.807, 2.05) is 0 Å². The molecule has 0 aliphatic heterocycles. The number of nitrogens with zero attached hydrogens (tertiary/aromatic N) is 3. The van der Waals surface area contributed by atoms with Crippen LogP contribution in [0.5, 0.6) is 0 Å². The summed E-state index contributed by atoms with van der Waals surface area (Å²) in [7, 11) is 0. The lowest BCUT2D eigenvalue weighted by Crippen LogP contribution is -1.80. The zero-order chi connectivity index (χ0) is 10.8. The van der Waals surface area contributed by atoms with Crippen LogP contribution >= 0.6 is 34.3 Å². The molecule has 0 radical (unpaired) electrons. The van der Waals surface area contributed by atoms with Gasteiger partial charge >= 0.3 is 5.00 Å². The zero-order valence-corrected chi connectivity index (χ0v) is 9.60. The highest BCUT2D eigenvalue weighted by Gasteiger charge is 2.14. The van der Waals surface area contributed by atoms with Crippen molar-refractivity contribution in [2.24, 2.45) is 0 Å². The lowest BCUT2D eigenvalue weighted by atomic mass is 10.5. The molecule has 2 aromatic rings. The van der Waals surface area contributed by atoms with E-state index in [0.717, 1.165) is 16.2 Å². The van der Waals surface area contributed by atoms with Crippen LogP contribution in [0.15, 0.2) is 12.1 Å². The molecule has 2 aromatic heterocycles. The number of halogens is 1. The fourth-order valence-corrected chi connectivity index (χ4v) is 2.72. The van der Waals surface area contributed by atoms with Crippen molar-refractivity contribution in [2.75, 3.05) is 0 Å². The van der Waals surface area contributed by atoms with Crippen molar-refractivity contribution in [1.29, 1.82) is 0 Å². The Morgan fingerprint density at radius 2 is 2.20 bits per heavy atom. The fraction of sp³-hybridized carbons (Fsp3) is 0.143. The maximum atomic E-state index is 10.5. The molecule has 0 saturated carbocycles. The standard InChI is InChI=1S/C7H4ClN3O2S2/c8-3-5-9-10-7(15-5)4-1-2-6(14-4)11(12)13/h1-2H,3H2. The van der Waals surface area contributed by atoms with Gasteiger partial charge in [-0.15, -0.1) is 21.8 Å². The third kappa shape index (κ3) is 2.14. The lowest BCUT2D eigenvalue weighted by Gasteiger charge is -1.83. The number of aromatic nitrogens is 2. The van der Waals surface area contributed by atoms with Crippen LogP contribution in [-0.4, -0.2) is 15.1 Å². The molecule has 78 valence electrons. The lowest BCUT2D eigenvalue weighted by molar-refractivity contribution is -0.380. The second-order valence-electron chi connectivity index (χ2n) is 2.53. The monoisotopic (exact) mass is 261 g/mol. The van der Waals surface area contributed by atoms with Gasteiger partial charge in [0.1, 0.15) is 5.01 Å². The Kier molecular flexibility index (Phi) is 2.94. The second-order valence-corrected chi connectivity index (χ2v) is 4.92. The average molecular weight is 262 g/mol. The maximum Gasteiger partial charge on any atom is 0.324 e. The van der Waals surface area contributed by atoms with E-state index in [4.69, 9.17) is 11.6 Å². The SMILES string of the molecule is O=[N+]([O-])c1ccc(-c2nnc(CCl)s2)s1. The van der Waals surface area contributed by atoms with Gasteiger partial charge in [0.15, 0.2) is 5.01 Å². The van der Waals surface area contributed by atoms with Gasteiger partial charge in [0, 0.05) is 6.07 Å². The van der Waals surface area contributed by atoms with Crippen molar-refractivity contribution in [3.63, 3.8) is 0 Å². The summed E-state index contributed by atoms with van der Waals surface area (Å²) >= 11 is 8.01. The number of hydrogen-bond donors (Lipinski definition) is 0. The molecule has 2 rings (SSSR count). The number of rotatable bonds is 3. The van der Waals surface area contributed by atoms with Crippen LogP contribution < -0.4 is 0 Å². The van der Waals surface area contributed by atoms with Gasteiger partial charge in [0.05, 0.1) is 15.7 Å². The number of alkyl halides is 1. The van der Waals surface area contributed by atoms with Crippen LogP contribution in [0.3, 0.4) is 0 Å². The minimum Gasteiger partial charge on any atom is -0.258 e. The normalized spacial score (nSPS) is 10.5. The van der Waals surface area contributed by atoms with Gasteiger partial charge < -0.3 is 0 Å². The third-order valence-electron chi connectivity index (χ3n) is 1.56. The van der Waals surface area contributed by atoms with Gasteiger partial charge in [-0.25, -0.2) is 0 Å². The predicted octanol–water partition coefficient (Wildman–Crippen LogP) is 2.91. The Morgan fingerprint density at radius 3 is 2.73 bits per heavy atom. The molecule has 0 aromatic carbocycles. The maximum absolute atomic E-state index is 10.5. The summed E-state index contributed by atoms with van der Waals surface area (Å²) in [5, 5.41) is 19.7. The molecule has 15 heavy (non-hydrogen) atoms. The van der Waals surface area contributed by atoms with Crippen LogP contribution in [0, 0.1) is 10.1 Å². The largest absolute Gasteiger partial charge is 0.324 e. The fourth-order valence-electron chi connectivity index (χ4n) is 0.948. The van der Waals surface area contributed by atoms with Crippen LogP contribution in [0.2, 0.25) is 0 Å². The van der Waals surface area contributed by atoms with Crippen LogP contribution in [0.25, 0.3) is 9.88 Å². The first-order valence-electron chi connectivity index (χ1n) is 3.83. The number of hydrogen-bond acceptors (Lipinski definition) is 6. The highest BCUT2D eigenvalue weighted by molar-refractivity contribution is 7.23. The van der Waals surface area contributed by atoms with Crippen LogP contribution in [-0.2, 0) is 5.88 Å². The topological polar surface area (TPSA) is 68.9 Å². The first-order valence-corrected chi connectivity index (χ1v) is 6.00. The molecular weight excluding hydrogens is 258 g/mol. The summed E-state index contributed by atoms with van der Waals surface area (Å²) in [6, 6.07) is 3.13. The second kappa shape index (κ2) is 4.21. The highest BCUT2D eigenvalue weighted by atomic mass is 35.5. The first-order chi connectivity index (χ1) is 7.20. The van der Waals surface area contributed by atoms with Gasteiger partial charge in [-0.2, -0.15) is 0 Å². The van der Waals surface area contributed by atoms with E-state index in [2.05, 4.69) is 10.2 Å². The van der Waals surface area contributed by atoms with E-state index in [1.165, 1.54) is 17.4 Å². The van der Waals surface area contributed by atoms with Crippen LogP contribution in [0.4, 0.5) is 5.00 Å². The number of thiophene rings is 1. The van der Waals surface area contributed by atoms with Gasteiger partial charge in [0.25, 0.3) is 0 Å². The van der Waals surface area contributed by atoms with E-state index in [1.54, 1.807) is 6.07 Å². The first kappa shape index (κ1) is 10.5. The van der Waals surface area contributed by atoms with E-state index in [9.17, 15) is 10.1 Å². The molecule has 0 aliphatic rings. The number of nitro groups is 1. The Morgan fingerprint density at radius 1 is 1.40 bits per heavy atom. The minimum absolute atomic E-state index is 0.104. The Hall–Kier alpha value is -1.05. The van der Waals surface area contributed by atoms with E-state index < -0.39 is 4.92 Å². The molecule has 0 saturated heterocycles. The predicted molar refractivity (Wildman–Crippen MR) is 59.4 cm³/mol. The van der Waals surface area contributed by atoms with E-state index >= 15 is 0 Å². The molecule has 0 atom stereocenters. The Bertz CT molecular complexity index is 496. The Balaban J connectivity index is 2.32. The summed E-state index contributed by atoms with van der Waals surface area (Å²) in [6.45, 7) is 0. The summed E-state index contributed by atoms with van der Waals surface area (Å²) in [6.07, 6.45) is 0. The molecule has 5 nitrogen and oxygen atoms in total. The highest BCUT2D eigenvalue weighted by Crippen LogP contribution is 2.34. The van der Waals surface area contributed by atoms with Gasteiger partial charge in [-0.3, -0.25) is 10.1 Å². The van der Waals surface area contributed by atoms with Crippen molar-refractivity contribution < 1.29 is 4.92 Å². The summed E-state index contributed by atoms with van der Waals surface area (Å²) in [4.78, 5) is 10.8. The van der Waals surface area contributed by atoms with E-state index in [-0.39, 0.29) is 5.00 Å². The molecule has 0 amide bonds. The molecule has 0 N–H and O–H groups in total. The molecule has 0 bridgehead atoms. The van der Waals surface area contributed by atoms with Crippen molar-refractivity contribution in [3.8, 4) is 9.88 Å². The minimum atomic E-state index is -0.419. The average Bonchev–Trinajstić information content (AvgIpc) is 2.86. The smallest absolute Gasteiger partial charge is 0.258 e. The summed E-state index contributed by atoms with van der Waals surface area (Å²) in [5.74, 6) is 0.311. The van der Waals surface area contributed by atoms with Gasteiger partial charge in [-0.05, 0) is 6.07 Å². The third-order valence-corrected chi connectivity index (χ3v) is 4.10. The molecule has 0 aliphatic carbocycles. The molecular formula is C7H4ClN3O2S2. The summed E-state index contributed by atoms with van der Waals surface area (Å²) in [5.41, 5.74) is 0. The molecule has 0 fully saturated rings. The molecule has 2 heterocycles. The van der Waals surface area contributed by atoms with Crippen molar-refractivity contribution in [3.05, 3.63) is 27.3 Å². The molecule has 0 unspecified atom stereocenters. The molecule has 8 heteroatoms. The molecule has 0 spiro atoms. The summed E-state index contributed by atoms with van der Waals surface area (Å²) < 4.78 is 0. The van der Waals surface area contributed by atoms with Crippen molar-refractivity contribution in [2.45, 2.75) is 5.88 Å². The van der Waals surface area contributed by atoms with Gasteiger partial charge in [-0.1, -0.05) is 22.7 Å². The quantitative estimate of drug-likeness (QED) is 0.484. The van der Waals surface area contributed by atoms with E-state index in [0.29, 0.717) is 15.9 Å². The Labute approximate surface area is 97.5 Å². The van der Waals surface area contributed by atoms with Crippen molar-refractivity contribution >= 4 is 39.3 Å².